The van der Waals surface area contributed by atoms with Crippen LogP contribution in [0.4, 0.5) is 0 Å². The molecule has 29 heavy (non-hydrogen) atoms. The summed E-state index contributed by atoms with van der Waals surface area (Å²) in [5.74, 6) is -0.297. The standard InChI is InChI=1S/C23H28Cl2N2O2/c1-4-16(3)26-23(29)21(14-17-10-7-6-8-11-17)27(22(28)5-2)15-18-19(24)12-9-13-20(18)25/h6-13,16,21H,4-5,14-15H2,1-3H3,(H,26,29)/t16-,21-/m1/s1. The van der Waals surface area contributed by atoms with Gasteiger partial charge >= 0.3 is 0 Å². The van der Waals surface area contributed by atoms with Crippen molar-refractivity contribution in [3.05, 3.63) is 69.7 Å². The molecule has 0 aromatic heterocycles. The van der Waals surface area contributed by atoms with Crippen molar-refractivity contribution in [2.45, 2.75) is 58.7 Å². The predicted octanol–water partition coefficient (Wildman–Crippen LogP) is 5.26. The van der Waals surface area contributed by atoms with Crippen LogP contribution in [0.15, 0.2) is 48.5 Å². The van der Waals surface area contributed by atoms with Crippen molar-refractivity contribution in [1.82, 2.24) is 10.2 Å². The molecule has 0 spiro atoms. The topological polar surface area (TPSA) is 49.4 Å². The summed E-state index contributed by atoms with van der Waals surface area (Å²) >= 11 is 12.7. The molecule has 0 bridgehead atoms. The maximum absolute atomic E-state index is 13.2. The van der Waals surface area contributed by atoms with E-state index in [1.54, 1.807) is 30.0 Å². The van der Waals surface area contributed by atoms with Crippen molar-refractivity contribution in [1.29, 1.82) is 0 Å². The van der Waals surface area contributed by atoms with Crippen molar-refractivity contribution < 1.29 is 9.59 Å². The summed E-state index contributed by atoms with van der Waals surface area (Å²) in [6.07, 6.45) is 1.50. The third-order valence-corrected chi connectivity index (χ3v) is 5.67. The van der Waals surface area contributed by atoms with Gasteiger partial charge in [0.2, 0.25) is 11.8 Å². The van der Waals surface area contributed by atoms with Crippen molar-refractivity contribution in [2.75, 3.05) is 0 Å². The molecule has 0 saturated heterocycles. The van der Waals surface area contributed by atoms with E-state index in [4.69, 9.17) is 23.2 Å². The molecule has 0 aliphatic rings. The summed E-state index contributed by atoms with van der Waals surface area (Å²) in [7, 11) is 0. The first-order valence-electron chi connectivity index (χ1n) is 9.94. The van der Waals surface area contributed by atoms with E-state index in [2.05, 4.69) is 5.32 Å². The van der Waals surface area contributed by atoms with Gasteiger partial charge in [0.15, 0.2) is 0 Å². The predicted molar refractivity (Wildman–Crippen MR) is 119 cm³/mol. The van der Waals surface area contributed by atoms with Crippen LogP contribution >= 0.6 is 23.2 Å². The number of halogens is 2. The molecule has 2 aromatic rings. The summed E-state index contributed by atoms with van der Waals surface area (Å²) in [5, 5.41) is 3.98. The Kier molecular flexibility index (Phi) is 8.99. The maximum atomic E-state index is 13.2. The van der Waals surface area contributed by atoms with Crippen LogP contribution in [-0.4, -0.2) is 28.8 Å². The lowest BCUT2D eigenvalue weighted by Gasteiger charge is -2.32. The molecule has 2 rings (SSSR count). The minimum absolute atomic E-state index is 0.0169. The number of nitrogens with zero attached hydrogens (tertiary/aromatic N) is 1. The number of benzene rings is 2. The molecule has 0 saturated carbocycles. The van der Waals surface area contributed by atoms with Crippen molar-refractivity contribution in [3.63, 3.8) is 0 Å². The highest BCUT2D eigenvalue weighted by molar-refractivity contribution is 6.36. The normalized spacial score (nSPS) is 12.9. The van der Waals surface area contributed by atoms with E-state index in [-0.39, 0.29) is 30.8 Å². The molecule has 6 heteroatoms. The minimum Gasteiger partial charge on any atom is -0.352 e. The molecule has 156 valence electrons. The van der Waals surface area contributed by atoms with E-state index in [0.717, 1.165) is 12.0 Å². The van der Waals surface area contributed by atoms with Crippen LogP contribution in [0.2, 0.25) is 10.0 Å². The van der Waals surface area contributed by atoms with Crippen LogP contribution in [0.5, 0.6) is 0 Å². The van der Waals surface area contributed by atoms with Crippen LogP contribution < -0.4 is 5.32 Å². The van der Waals surface area contributed by atoms with Gasteiger partial charge in [-0.05, 0) is 31.0 Å². The summed E-state index contributed by atoms with van der Waals surface area (Å²) < 4.78 is 0. The smallest absolute Gasteiger partial charge is 0.243 e. The lowest BCUT2D eigenvalue weighted by atomic mass is 10.0. The molecule has 0 unspecified atom stereocenters. The molecule has 2 amide bonds. The lowest BCUT2D eigenvalue weighted by Crippen LogP contribution is -2.52. The highest BCUT2D eigenvalue weighted by Gasteiger charge is 2.31. The quantitative estimate of drug-likeness (QED) is 0.584. The number of amides is 2. The Bertz CT molecular complexity index is 807. The van der Waals surface area contributed by atoms with E-state index in [1.165, 1.54) is 0 Å². The Morgan fingerprint density at radius 2 is 1.62 bits per heavy atom. The number of nitrogens with one attached hydrogen (secondary N) is 1. The number of rotatable bonds is 9. The Labute approximate surface area is 183 Å². The Morgan fingerprint density at radius 3 is 2.17 bits per heavy atom. The summed E-state index contributed by atoms with van der Waals surface area (Å²) in [4.78, 5) is 27.7. The second-order valence-corrected chi connectivity index (χ2v) is 7.91. The Hall–Kier alpha value is -2.04. The van der Waals surface area contributed by atoms with Gasteiger partial charge in [0.1, 0.15) is 6.04 Å². The van der Waals surface area contributed by atoms with Gasteiger partial charge in [-0.2, -0.15) is 0 Å². The average Bonchev–Trinajstić information content (AvgIpc) is 2.72. The molecular weight excluding hydrogens is 407 g/mol. The summed E-state index contributed by atoms with van der Waals surface area (Å²) in [6, 6.07) is 14.3. The molecule has 0 fully saturated rings. The third-order valence-electron chi connectivity index (χ3n) is 4.96. The molecule has 1 N–H and O–H groups in total. The first-order valence-corrected chi connectivity index (χ1v) is 10.7. The van der Waals surface area contributed by atoms with E-state index in [1.807, 2.05) is 44.2 Å². The van der Waals surface area contributed by atoms with Crippen LogP contribution in [0.25, 0.3) is 0 Å². The monoisotopic (exact) mass is 434 g/mol. The molecule has 0 aliphatic heterocycles. The zero-order chi connectivity index (χ0) is 21.4. The van der Waals surface area contributed by atoms with Gasteiger partial charge < -0.3 is 10.2 Å². The first kappa shape index (κ1) is 23.2. The molecule has 2 aromatic carbocycles. The van der Waals surface area contributed by atoms with E-state index in [0.29, 0.717) is 22.0 Å². The Balaban J connectivity index is 2.42. The van der Waals surface area contributed by atoms with Crippen molar-refractivity contribution in [2.24, 2.45) is 0 Å². The van der Waals surface area contributed by atoms with Crippen LogP contribution in [0, 0.1) is 0 Å². The summed E-state index contributed by atoms with van der Waals surface area (Å²) in [5.41, 5.74) is 1.63. The van der Waals surface area contributed by atoms with Gasteiger partial charge in [-0.15, -0.1) is 0 Å². The zero-order valence-corrected chi connectivity index (χ0v) is 18.6. The molecule has 0 aliphatic carbocycles. The van der Waals surface area contributed by atoms with Crippen molar-refractivity contribution >= 4 is 35.0 Å². The van der Waals surface area contributed by atoms with Crippen LogP contribution in [-0.2, 0) is 22.6 Å². The molecule has 0 radical (unpaired) electrons. The van der Waals surface area contributed by atoms with E-state index in [9.17, 15) is 9.59 Å². The minimum atomic E-state index is -0.661. The molecule has 0 heterocycles. The number of hydrogen-bond donors (Lipinski definition) is 1. The van der Waals surface area contributed by atoms with Gasteiger partial charge in [0.25, 0.3) is 0 Å². The lowest BCUT2D eigenvalue weighted by molar-refractivity contribution is -0.141. The fourth-order valence-corrected chi connectivity index (χ4v) is 3.57. The van der Waals surface area contributed by atoms with E-state index >= 15 is 0 Å². The van der Waals surface area contributed by atoms with Crippen molar-refractivity contribution in [3.8, 4) is 0 Å². The fraction of sp³-hybridized carbons (Fsp3) is 0.391. The highest BCUT2D eigenvalue weighted by Crippen LogP contribution is 2.27. The van der Waals surface area contributed by atoms with Gasteiger partial charge in [0, 0.05) is 41.0 Å². The maximum Gasteiger partial charge on any atom is 0.243 e. The second-order valence-electron chi connectivity index (χ2n) is 7.10. The Morgan fingerprint density at radius 1 is 1.00 bits per heavy atom. The largest absolute Gasteiger partial charge is 0.352 e. The molecule has 4 nitrogen and oxygen atoms in total. The third kappa shape index (κ3) is 6.48. The van der Waals surface area contributed by atoms with Gasteiger partial charge in [0.05, 0.1) is 0 Å². The number of hydrogen-bond acceptors (Lipinski definition) is 2. The van der Waals surface area contributed by atoms with E-state index < -0.39 is 6.04 Å². The summed E-state index contributed by atoms with van der Waals surface area (Å²) in [6.45, 7) is 5.93. The van der Waals surface area contributed by atoms with Crippen LogP contribution in [0.3, 0.4) is 0 Å². The SMILES string of the molecule is CCC(=O)N(Cc1c(Cl)cccc1Cl)[C@H](Cc1ccccc1)C(=O)N[C@H](C)CC. The van der Waals surface area contributed by atoms with Crippen LogP contribution in [0.1, 0.15) is 44.7 Å². The fourth-order valence-electron chi connectivity index (χ4n) is 3.05. The molecule has 2 atom stereocenters. The molecular formula is C23H28Cl2N2O2. The zero-order valence-electron chi connectivity index (χ0n) is 17.1. The first-order chi connectivity index (χ1) is 13.9. The van der Waals surface area contributed by atoms with Gasteiger partial charge in [-0.3, -0.25) is 9.59 Å². The van der Waals surface area contributed by atoms with Gasteiger partial charge in [-0.25, -0.2) is 0 Å². The highest BCUT2D eigenvalue weighted by atomic mass is 35.5. The number of carbonyl (C=O) groups is 2. The number of carbonyl (C=O) groups excluding carboxylic acids is 2. The second kappa shape index (κ2) is 11.2. The average molecular weight is 435 g/mol. The van der Waals surface area contributed by atoms with Gasteiger partial charge in [-0.1, -0.05) is 73.4 Å².